The first-order valence-electron chi connectivity index (χ1n) is 7.84. The molecule has 0 amide bonds. The van der Waals surface area contributed by atoms with Crippen molar-refractivity contribution in [3.8, 4) is 0 Å². The fourth-order valence-electron chi connectivity index (χ4n) is 2.65. The number of hydrogen-bond acceptors (Lipinski definition) is 6. The highest BCUT2D eigenvalue weighted by Crippen LogP contribution is 2.24. The van der Waals surface area contributed by atoms with Gasteiger partial charge >= 0.3 is 0 Å². The molecule has 0 fully saturated rings. The van der Waals surface area contributed by atoms with Gasteiger partial charge in [0.25, 0.3) is 5.69 Å². The molecule has 0 saturated heterocycles. The van der Waals surface area contributed by atoms with Gasteiger partial charge in [0.2, 0.25) is 11.8 Å². The van der Waals surface area contributed by atoms with Crippen LogP contribution in [-0.2, 0) is 18.4 Å². The molecule has 25 heavy (non-hydrogen) atoms. The summed E-state index contributed by atoms with van der Waals surface area (Å²) < 4.78 is 5.69. The molecule has 0 aliphatic heterocycles. The summed E-state index contributed by atoms with van der Waals surface area (Å²) in [6, 6.07) is 16.3. The minimum Gasteiger partial charge on any atom is -0.423 e. The van der Waals surface area contributed by atoms with E-state index in [9.17, 15) is 10.1 Å². The van der Waals surface area contributed by atoms with E-state index < -0.39 is 10.5 Å². The van der Waals surface area contributed by atoms with Crippen molar-refractivity contribution in [1.29, 1.82) is 0 Å². The first kappa shape index (κ1) is 16.8. The van der Waals surface area contributed by atoms with Crippen LogP contribution in [0.25, 0.3) is 0 Å². The zero-order chi connectivity index (χ0) is 17.9. The van der Waals surface area contributed by atoms with E-state index in [1.165, 1.54) is 6.07 Å². The minimum atomic E-state index is -0.824. The molecule has 128 valence electrons. The molecule has 7 heteroatoms. The molecule has 0 unspecified atom stereocenters. The summed E-state index contributed by atoms with van der Waals surface area (Å²) in [5, 5.41) is 19.1. The third kappa shape index (κ3) is 3.89. The molecule has 0 aliphatic carbocycles. The van der Waals surface area contributed by atoms with Gasteiger partial charge in [0, 0.05) is 11.6 Å². The van der Waals surface area contributed by atoms with Crippen LogP contribution in [0.5, 0.6) is 0 Å². The first-order chi connectivity index (χ1) is 12.0. The van der Waals surface area contributed by atoms with Gasteiger partial charge in [-0.1, -0.05) is 48.5 Å². The van der Waals surface area contributed by atoms with E-state index in [0.29, 0.717) is 23.8 Å². The van der Waals surface area contributed by atoms with Crippen LogP contribution in [0.3, 0.4) is 0 Å². The van der Waals surface area contributed by atoms with Gasteiger partial charge in [-0.2, -0.15) is 0 Å². The molecular formula is C18H18N4O3. The Hall–Kier alpha value is -3.06. The maximum absolute atomic E-state index is 11.1. The van der Waals surface area contributed by atoms with Gasteiger partial charge in [0.15, 0.2) is 0 Å². The van der Waals surface area contributed by atoms with Crippen molar-refractivity contribution in [1.82, 2.24) is 10.2 Å². The first-order valence-corrected chi connectivity index (χ1v) is 7.84. The highest BCUT2D eigenvalue weighted by molar-refractivity contribution is 5.41. The van der Waals surface area contributed by atoms with Gasteiger partial charge in [0.1, 0.15) is 0 Å². The van der Waals surface area contributed by atoms with Gasteiger partial charge in [-0.15, -0.1) is 10.2 Å². The molecule has 0 bridgehead atoms. The van der Waals surface area contributed by atoms with E-state index in [0.717, 1.165) is 5.56 Å². The Labute approximate surface area is 144 Å². The Morgan fingerprint density at radius 2 is 1.80 bits per heavy atom. The molecule has 7 nitrogen and oxygen atoms in total. The minimum absolute atomic E-state index is 0.0297. The topological polar surface area (TPSA) is 108 Å². The average Bonchev–Trinajstić information content (AvgIpc) is 3.05. The number of nitro benzene ring substituents is 1. The van der Waals surface area contributed by atoms with E-state index in [1.54, 1.807) is 18.2 Å². The molecule has 0 spiro atoms. The van der Waals surface area contributed by atoms with E-state index in [2.05, 4.69) is 10.2 Å². The summed E-state index contributed by atoms with van der Waals surface area (Å²) >= 11 is 0. The predicted molar refractivity (Wildman–Crippen MR) is 91.9 cm³/mol. The standard InChI is InChI=1S/C18H18N4O3/c1-18(19,12-13-7-3-2-4-8-13)17-21-20-16(25-17)11-14-9-5-6-10-15(14)22(23)24/h2-10H,11-12,19H2,1H3/t18-/m1/s1. The van der Waals surface area contributed by atoms with Crippen molar-refractivity contribution < 1.29 is 9.34 Å². The number of nitrogens with two attached hydrogens (primary N) is 1. The number of aromatic nitrogens is 2. The lowest BCUT2D eigenvalue weighted by atomic mass is 9.94. The molecule has 0 saturated carbocycles. The Balaban J connectivity index is 1.79. The normalized spacial score (nSPS) is 13.4. The molecule has 3 aromatic rings. The third-order valence-corrected chi connectivity index (χ3v) is 3.90. The smallest absolute Gasteiger partial charge is 0.273 e. The highest BCUT2D eigenvalue weighted by atomic mass is 16.6. The molecule has 0 aliphatic rings. The van der Waals surface area contributed by atoms with Crippen LogP contribution in [0.2, 0.25) is 0 Å². The van der Waals surface area contributed by atoms with Crippen molar-refractivity contribution in [3.63, 3.8) is 0 Å². The van der Waals surface area contributed by atoms with Gasteiger partial charge < -0.3 is 10.2 Å². The molecule has 1 atom stereocenters. The summed E-state index contributed by atoms with van der Waals surface area (Å²) in [4.78, 5) is 10.7. The Morgan fingerprint density at radius 1 is 1.12 bits per heavy atom. The lowest BCUT2D eigenvalue weighted by molar-refractivity contribution is -0.385. The van der Waals surface area contributed by atoms with E-state index in [-0.39, 0.29) is 12.1 Å². The summed E-state index contributed by atoms with van der Waals surface area (Å²) in [5.41, 5.74) is 7.14. The monoisotopic (exact) mass is 338 g/mol. The molecular weight excluding hydrogens is 320 g/mol. The van der Waals surface area contributed by atoms with Crippen molar-refractivity contribution in [3.05, 3.63) is 87.6 Å². The molecule has 1 aromatic heterocycles. The second kappa shape index (κ2) is 6.82. The van der Waals surface area contributed by atoms with Gasteiger partial charge in [-0.25, -0.2) is 0 Å². The number of rotatable bonds is 6. The second-order valence-electron chi connectivity index (χ2n) is 6.14. The van der Waals surface area contributed by atoms with Gasteiger partial charge in [0.05, 0.1) is 16.9 Å². The fraction of sp³-hybridized carbons (Fsp3) is 0.222. The number of nitro groups is 1. The van der Waals surface area contributed by atoms with Crippen LogP contribution in [0.4, 0.5) is 5.69 Å². The zero-order valence-corrected chi connectivity index (χ0v) is 13.8. The maximum atomic E-state index is 11.1. The van der Waals surface area contributed by atoms with Crippen LogP contribution in [0.15, 0.2) is 59.0 Å². The number of para-hydroxylation sites is 1. The maximum Gasteiger partial charge on any atom is 0.273 e. The Bertz CT molecular complexity index is 875. The van der Waals surface area contributed by atoms with Crippen LogP contribution in [0, 0.1) is 10.1 Å². The van der Waals surface area contributed by atoms with E-state index in [1.807, 2.05) is 37.3 Å². The highest BCUT2D eigenvalue weighted by Gasteiger charge is 2.29. The van der Waals surface area contributed by atoms with Crippen LogP contribution in [0.1, 0.15) is 29.8 Å². The van der Waals surface area contributed by atoms with Crippen molar-refractivity contribution in [2.24, 2.45) is 5.73 Å². The SMILES string of the molecule is C[C@@](N)(Cc1ccccc1)c1nnc(Cc2ccccc2[N+](=O)[O-])o1. The Morgan fingerprint density at radius 3 is 2.52 bits per heavy atom. The number of benzene rings is 2. The lowest BCUT2D eigenvalue weighted by Crippen LogP contribution is -2.35. The quantitative estimate of drug-likeness (QED) is 0.547. The molecule has 2 aromatic carbocycles. The van der Waals surface area contributed by atoms with E-state index >= 15 is 0 Å². The van der Waals surface area contributed by atoms with Crippen molar-refractivity contribution >= 4 is 5.69 Å². The van der Waals surface area contributed by atoms with Crippen LogP contribution in [-0.4, -0.2) is 15.1 Å². The summed E-state index contributed by atoms with van der Waals surface area (Å²) in [6.07, 6.45) is 0.729. The average molecular weight is 338 g/mol. The summed E-state index contributed by atoms with van der Waals surface area (Å²) in [7, 11) is 0. The molecule has 2 N–H and O–H groups in total. The number of nitrogens with zero attached hydrogens (tertiary/aromatic N) is 3. The van der Waals surface area contributed by atoms with Gasteiger partial charge in [-0.05, 0) is 18.9 Å². The number of hydrogen-bond donors (Lipinski definition) is 1. The summed E-state index contributed by atoms with van der Waals surface area (Å²) in [6.45, 7) is 1.82. The second-order valence-corrected chi connectivity index (χ2v) is 6.14. The summed E-state index contributed by atoms with van der Waals surface area (Å²) in [5.74, 6) is 0.610. The molecule has 3 rings (SSSR count). The largest absolute Gasteiger partial charge is 0.423 e. The van der Waals surface area contributed by atoms with Crippen molar-refractivity contribution in [2.75, 3.05) is 0 Å². The lowest BCUT2D eigenvalue weighted by Gasteiger charge is -2.20. The molecule has 1 heterocycles. The van der Waals surface area contributed by atoms with Crippen molar-refractivity contribution in [2.45, 2.75) is 25.3 Å². The van der Waals surface area contributed by atoms with Crippen LogP contribution >= 0.6 is 0 Å². The Kier molecular flexibility index (Phi) is 4.58. The van der Waals surface area contributed by atoms with E-state index in [4.69, 9.17) is 10.2 Å². The fourth-order valence-corrected chi connectivity index (χ4v) is 2.65. The van der Waals surface area contributed by atoms with Crippen LogP contribution < -0.4 is 5.73 Å². The third-order valence-electron chi connectivity index (χ3n) is 3.90. The zero-order valence-electron chi connectivity index (χ0n) is 13.8. The predicted octanol–water partition coefficient (Wildman–Crippen LogP) is 2.99. The molecule has 0 radical (unpaired) electrons. The van der Waals surface area contributed by atoms with Gasteiger partial charge in [-0.3, -0.25) is 10.1 Å².